The van der Waals surface area contributed by atoms with Crippen LogP contribution in [0.4, 0.5) is 11.6 Å². The average molecular weight is 276 g/mol. The van der Waals surface area contributed by atoms with E-state index in [1.807, 2.05) is 7.05 Å². The topological polar surface area (TPSA) is 49.8 Å². The zero-order valence-electron chi connectivity index (χ0n) is 13.5. The summed E-state index contributed by atoms with van der Waals surface area (Å²) in [4.78, 5) is 8.85. The zero-order valence-corrected chi connectivity index (χ0v) is 13.5. The second-order valence-corrected chi connectivity index (χ2v) is 6.82. The highest BCUT2D eigenvalue weighted by Crippen LogP contribution is 2.38. The number of nitrogens with one attached hydrogen (secondary N) is 2. The molecule has 112 valence electrons. The quantitative estimate of drug-likeness (QED) is 0.872. The molecule has 1 aliphatic carbocycles. The molecule has 1 atom stereocenters. The van der Waals surface area contributed by atoms with E-state index in [2.05, 4.69) is 48.3 Å². The van der Waals surface area contributed by atoms with Crippen LogP contribution in [0.3, 0.4) is 0 Å². The Morgan fingerprint density at radius 1 is 1.20 bits per heavy atom. The highest BCUT2D eigenvalue weighted by atomic mass is 15.1. The van der Waals surface area contributed by atoms with Gasteiger partial charge in [0, 0.05) is 18.7 Å². The van der Waals surface area contributed by atoms with E-state index >= 15 is 0 Å². The Balaban J connectivity index is 2.29. The molecular formula is C16H28N4. The van der Waals surface area contributed by atoms with Crippen molar-refractivity contribution in [2.45, 2.75) is 65.3 Å². The molecule has 0 radical (unpaired) electrons. The molecule has 1 aromatic rings. The van der Waals surface area contributed by atoms with Gasteiger partial charge in [0.25, 0.3) is 0 Å². The lowest BCUT2D eigenvalue weighted by Gasteiger charge is -2.39. The molecule has 0 aliphatic heterocycles. The number of rotatable bonds is 4. The molecule has 0 amide bonds. The molecule has 1 heterocycles. The molecule has 4 heteroatoms. The van der Waals surface area contributed by atoms with Crippen LogP contribution >= 0.6 is 0 Å². The van der Waals surface area contributed by atoms with Gasteiger partial charge in [0.15, 0.2) is 0 Å². The lowest BCUT2D eigenvalue weighted by Crippen LogP contribution is -2.39. The SMILES string of the molecule is CNc1ncnc(NC2CCCCC2(C)C)c1C(C)C. The summed E-state index contributed by atoms with van der Waals surface area (Å²) >= 11 is 0. The van der Waals surface area contributed by atoms with E-state index in [-0.39, 0.29) is 0 Å². The predicted octanol–water partition coefficient (Wildman–Crippen LogP) is 4.02. The van der Waals surface area contributed by atoms with Crippen LogP contribution < -0.4 is 10.6 Å². The molecule has 2 N–H and O–H groups in total. The molecule has 1 aromatic heterocycles. The van der Waals surface area contributed by atoms with Gasteiger partial charge in [-0.25, -0.2) is 9.97 Å². The maximum atomic E-state index is 4.51. The van der Waals surface area contributed by atoms with Gasteiger partial charge in [-0.15, -0.1) is 0 Å². The first kappa shape index (κ1) is 15.1. The summed E-state index contributed by atoms with van der Waals surface area (Å²) in [5.41, 5.74) is 1.52. The Morgan fingerprint density at radius 3 is 2.50 bits per heavy atom. The Morgan fingerprint density at radius 2 is 1.90 bits per heavy atom. The predicted molar refractivity (Wildman–Crippen MR) is 85.3 cm³/mol. The molecule has 1 aliphatic rings. The second-order valence-electron chi connectivity index (χ2n) is 6.82. The number of anilines is 2. The third kappa shape index (κ3) is 3.05. The summed E-state index contributed by atoms with van der Waals surface area (Å²) < 4.78 is 0. The second kappa shape index (κ2) is 5.98. The molecule has 1 saturated carbocycles. The molecule has 4 nitrogen and oxygen atoms in total. The molecule has 0 saturated heterocycles. The van der Waals surface area contributed by atoms with Crippen LogP contribution in [0.15, 0.2) is 6.33 Å². The minimum atomic E-state index is 0.331. The van der Waals surface area contributed by atoms with Gasteiger partial charge >= 0.3 is 0 Å². The summed E-state index contributed by atoms with van der Waals surface area (Å²) in [6.07, 6.45) is 6.81. The van der Waals surface area contributed by atoms with Crippen molar-refractivity contribution in [3.63, 3.8) is 0 Å². The summed E-state index contributed by atoms with van der Waals surface area (Å²) in [6.45, 7) is 9.10. The minimum Gasteiger partial charge on any atom is -0.373 e. The molecule has 0 bridgehead atoms. The van der Waals surface area contributed by atoms with Crippen LogP contribution in [0.1, 0.15) is 64.9 Å². The zero-order chi connectivity index (χ0) is 14.8. The fraction of sp³-hybridized carbons (Fsp3) is 0.750. The minimum absolute atomic E-state index is 0.331. The summed E-state index contributed by atoms with van der Waals surface area (Å²) in [7, 11) is 1.92. The number of nitrogens with zero attached hydrogens (tertiary/aromatic N) is 2. The van der Waals surface area contributed by atoms with Gasteiger partial charge < -0.3 is 10.6 Å². The van der Waals surface area contributed by atoms with E-state index in [1.165, 1.54) is 31.2 Å². The van der Waals surface area contributed by atoms with Gasteiger partial charge in [-0.3, -0.25) is 0 Å². The molecule has 0 aromatic carbocycles. The van der Waals surface area contributed by atoms with Crippen molar-refractivity contribution < 1.29 is 0 Å². The van der Waals surface area contributed by atoms with Crippen molar-refractivity contribution in [2.24, 2.45) is 5.41 Å². The van der Waals surface area contributed by atoms with E-state index in [1.54, 1.807) is 6.33 Å². The Kier molecular flexibility index (Phi) is 4.51. The smallest absolute Gasteiger partial charge is 0.135 e. The fourth-order valence-electron chi connectivity index (χ4n) is 3.18. The highest BCUT2D eigenvalue weighted by Gasteiger charge is 2.33. The molecule has 1 unspecified atom stereocenters. The molecule has 0 spiro atoms. The summed E-state index contributed by atoms with van der Waals surface area (Å²) in [6, 6.07) is 0.494. The fourth-order valence-corrected chi connectivity index (χ4v) is 3.18. The Bertz CT molecular complexity index is 454. The van der Waals surface area contributed by atoms with Crippen molar-refractivity contribution in [3.8, 4) is 0 Å². The van der Waals surface area contributed by atoms with Gasteiger partial charge in [0.1, 0.15) is 18.0 Å². The molecule has 20 heavy (non-hydrogen) atoms. The van der Waals surface area contributed by atoms with Crippen molar-refractivity contribution in [2.75, 3.05) is 17.7 Å². The van der Waals surface area contributed by atoms with E-state index in [0.29, 0.717) is 17.4 Å². The van der Waals surface area contributed by atoms with Crippen molar-refractivity contribution >= 4 is 11.6 Å². The van der Waals surface area contributed by atoms with E-state index < -0.39 is 0 Å². The van der Waals surface area contributed by atoms with Gasteiger partial charge in [0.2, 0.25) is 0 Å². The summed E-state index contributed by atoms with van der Waals surface area (Å²) in [5.74, 6) is 2.33. The van der Waals surface area contributed by atoms with Crippen LogP contribution in [0.2, 0.25) is 0 Å². The highest BCUT2D eigenvalue weighted by molar-refractivity contribution is 5.59. The third-order valence-corrected chi connectivity index (χ3v) is 4.52. The van der Waals surface area contributed by atoms with Crippen molar-refractivity contribution in [3.05, 3.63) is 11.9 Å². The van der Waals surface area contributed by atoms with Gasteiger partial charge in [0.05, 0.1) is 0 Å². The van der Waals surface area contributed by atoms with Crippen molar-refractivity contribution in [1.82, 2.24) is 9.97 Å². The van der Waals surface area contributed by atoms with Crippen LogP contribution in [0.25, 0.3) is 0 Å². The average Bonchev–Trinajstić information content (AvgIpc) is 2.40. The number of hydrogen-bond donors (Lipinski definition) is 2. The van der Waals surface area contributed by atoms with Crippen LogP contribution in [0, 0.1) is 5.41 Å². The van der Waals surface area contributed by atoms with E-state index in [4.69, 9.17) is 0 Å². The maximum absolute atomic E-state index is 4.51. The van der Waals surface area contributed by atoms with Crippen LogP contribution in [0.5, 0.6) is 0 Å². The normalized spacial score (nSPS) is 21.8. The van der Waals surface area contributed by atoms with E-state index in [9.17, 15) is 0 Å². The van der Waals surface area contributed by atoms with Gasteiger partial charge in [-0.2, -0.15) is 0 Å². The molecular weight excluding hydrogens is 248 g/mol. The number of hydrogen-bond acceptors (Lipinski definition) is 4. The lowest BCUT2D eigenvalue weighted by molar-refractivity contribution is 0.216. The molecule has 2 rings (SSSR count). The monoisotopic (exact) mass is 276 g/mol. The van der Waals surface area contributed by atoms with E-state index in [0.717, 1.165) is 11.6 Å². The standard InChI is InChI=1S/C16H28N4/c1-11(2)13-14(17-5)18-10-19-15(13)20-12-8-6-7-9-16(12,3)4/h10-12H,6-9H2,1-5H3,(H2,17,18,19,20). The Hall–Kier alpha value is -1.32. The third-order valence-electron chi connectivity index (χ3n) is 4.52. The van der Waals surface area contributed by atoms with Crippen LogP contribution in [-0.4, -0.2) is 23.1 Å². The largest absolute Gasteiger partial charge is 0.373 e. The van der Waals surface area contributed by atoms with Crippen molar-refractivity contribution in [1.29, 1.82) is 0 Å². The first-order valence-corrected chi connectivity index (χ1v) is 7.75. The van der Waals surface area contributed by atoms with Crippen LogP contribution in [-0.2, 0) is 0 Å². The lowest BCUT2D eigenvalue weighted by atomic mass is 9.73. The van der Waals surface area contributed by atoms with Gasteiger partial charge in [-0.05, 0) is 24.2 Å². The number of aromatic nitrogens is 2. The summed E-state index contributed by atoms with van der Waals surface area (Å²) in [5, 5.41) is 6.89. The van der Waals surface area contributed by atoms with Gasteiger partial charge in [-0.1, -0.05) is 40.5 Å². The first-order valence-electron chi connectivity index (χ1n) is 7.75. The Labute approximate surface area is 122 Å². The first-order chi connectivity index (χ1) is 9.45. The maximum Gasteiger partial charge on any atom is 0.135 e. The molecule has 1 fully saturated rings.